The average Bonchev–Trinajstić information content (AvgIpc) is 2.81. The Morgan fingerprint density at radius 3 is 2.50 bits per heavy atom. The molecule has 0 spiro atoms. The van der Waals surface area contributed by atoms with Crippen molar-refractivity contribution in [2.75, 3.05) is 13.1 Å². The monoisotopic (exact) mass is 430 g/mol. The van der Waals surface area contributed by atoms with Gasteiger partial charge in [-0.3, -0.25) is 4.79 Å². The van der Waals surface area contributed by atoms with E-state index in [4.69, 9.17) is 5.73 Å². The molecule has 4 heteroatoms. The van der Waals surface area contributed by atoms with Gasteiger partial charge >= 0.3 is 0 Å². The van der Waals surface area contributed by atoms with Crippen LogP contribution in [0.15, 0.2) is 60.7 Å². The number of aryl methyl sites for hydroxylation is 1. The first-order valence-corrected chi connectivity index (χ1v) is 11.7. The molecule has 32 heavy (non-hydrogen) atoms. The molecule has 0 saturated carbocycles. The maximum Gasteiger partial charge on any atom is 0.220 e. The Bertz CT molecular complexity index is 1040. The van der Waals surface area contributed by atoms with Gasteiger partial charge in [-0.05, 0) is 48.1 Å². The number of rotatable bonds is 11. The Morgan fingerprint density at radius 2 is 1.75 bits per heavy atom. The average molecular weight is 431 g/mol. The van der Waals surface area contributed by atoms with E-state index in [1.54, 1.807) is 0 Å². The Kier molecular flexibility index (Phi) is 9.00. The molecule has 0 radical (unpaired) electrons. The molecule has 3 aromatic rings. The van der Waals surface area contributed by atoms with Crippen molar-refractivity contribution in [1.29, 1.82) is 0 Å². The van der Waals surface area contributed by atoms with Crippen LogP contribution in [-0.2, 0) is 11.3 Å². The van der Waals surface area contributed by atoms with E-state index in [1.807, 2.05) is 0 Å². The maximum absolute atomic E-state index is 11.8. The van der Waals surface area contributed by atoms with E-state index in [0.29, 0.717) is 25.4 Å². The zero-order valence-corrected chi connectivity index (χ0v) is 19.4. The number of hydrogen-bond acceptors (Lipinski definition) is 2. The van der Waals surface area contributed by atoms with Gasteiger partial charge in [-0.25, -0.2) is 0 Å². The number of para-hydroxylation sites is 1. The Labute approximate surface area is 192 Å². The fourth-order valence-electron chi connectivity index (χ4n) is 3.88. The molecule has 0 fully saturated rings. The van der Waals surface area contributed by atoms with Crippen molar-refractivity contribution in [3.05, 3.63) is 77.5 Å². The Hall–Kier alpha value is -2.98. The maximum atomic E-state index is 11.8. The number of nitrogens with one attached hydrogen (secondary N) is 1. The number of carbonyl (C=O) groups excluding carboxylic acids is 1. The smallest absolute Gasteiger partial charge is 0.220 e. The molecule has 0 aliphatic rings. The predicted molar refractivity (Wildman–Crippen MR) is 134 cm³/mol. The third kappa shape index (κ3) is 6.76. The molecule has 168 valence electrons. The van der Waals surface area contributed by atoms with Gasteiger partial charge in [0, 0.05) is 49.5 Å². The molecule has 0 atom stereocenters. The summed E-state index contributed by atoms with van der Waals surface area (Å²) in [7, 11) is 0. The molecule has 1 amide bonds. The largest absolute Gasteiger partial charge is 0.355 e. The third-order valence-electron chi connectivity index (χ3n) is 5.77. The van der Waals surface area contributed by atoms with Crippen molar-refractivity contribution >= 4 is 29.0 Å². The Balaban J connectivity index is 1.70. The molecular weight excluding hydrogens is 394 g/mol. The van der Waals surface area contributed by atoms with Crippen LogP contribution < -0.4 is 15.6 Å². The van der Waals surface area contributed by atoms with Gasteiger partial charge in [0.05, 0.1) is 0 Å². The summed E-state index contributed by atoms with van der Waals surface area (Å²) in [5.74, 6) is 0.641. The lowest BCUT2D eigenvalue weighted by molar-refractivity contribution is -0.673. The second-order valence-corrected chi connectivity index (χ2v) is 8.57. The van der Waals surface area contributed by atoms with Crippen LogP contribution in [0.1, 0.15) is 62.3 Å². The SMILES string of the molecule is CC(C)c1ccc(/C=C/c2ccc3ccccc3[n+]2CCCCCC(=O)NCCN)cc1. The van der Waals surface area contributed by atoms with E-state index in [2.05, 4.69) is 96.5 Å². The Morgan fingerprint density at radius 1 is 0.969 bits per heavy atom. The van der Waals surface area contributed by atoms with Gasteiger partial charge in [0.1, 0.15) is 6.54 Å². The lowest BCUT2D eigenvalue weighted by Gasteiger charge is -2.07. The number of unbranched alkanes of at least 4 members (excludes halogenated alkanes) is 2. The van der Waals surface area contributed by atoms with Crippen molar-refractivity contribution in [3.8, 4) is 0 Å². The number of nitrogens with zero attached hydrogens (tertiary/aromatic N) is 1. The summed E-state index contributed by atoms with van der Waals surface area (Å²) in [6.45, 7) is 6.41. The molecule has 0 saturated heterocycles. The van der Waals surface area contributed by atoms with E-state index >= 15 is 0 Å². The van der Waals surface area contributed by atoms with E-state index in [-0.39, 0.29) is 5.91 Å². The van der Waals surface area contributed by atoms with Crippen molar-refractivity contribution in [2.45, 2.75) is 52.0 Å². The molecule has 3 rings (SSSR count). The molecule has 0 bridgehead atoms. The van der Waals surface area contributed by atoms with Gasteiger partial charge in [0.2, 0.25) is 17.1 Å². The highest BCUT2D eigenvalue weighted by atomic mass is 16.1. The second-order valence-electron chi connectivity index (χ2n) is 8.57. The van der Waals surface area contributed by atoms with Gasteiger partial charge in [-0.15, -0.1) is 0 Å². The minimum atomic E-state index is 0.0976. The summed E-state index contributed by atoms with van der Waals surface area (Å²) in [4.78, 5) is 11.8. The second kappa shape index (κ2) is 12.2. The first kappa shape index (κ1) is 23.7. The zero-order chi connectivity index (χ0) is 22.8. The highest BCUT2D eigenvalue weighted by molar-refractivity contribution is 5.77. The van der Waals surface area contributed by atoms with Crippen LogP contribution in [0.25, 0.3) is 23.1 Å². The molecule has 3 N–H and O–H groups in total. The van der Waals surface area contributed by atoms with E-state index in [9.17, 15) is 4.79 Å². The molecule has 1 aromatic heterocycles. The molecule has 0 unspecified atom stereocenters. The molecular formula is C28H36N3O+. The van der Waals surface area contributed by atoms with Crippen LogP contribution >= 0.6 is 0 Å². The van der Waals surface area contributed by atoms with Crippen molar-refractivity contribution in [2.24, 2.45) is 5.73 Å². The number of benzene rings is 2. The van der Waals surface area contributed by atoms with Gasteiger partial charge in [-0.1, -0.05) is 50.2 Å². The summed E-state index contributed by atoms with van der Waals surface area (Å²) >= 11 is 0. The quantitative estimate of drug-likeness (QED) is 0.330. The fourth-order valence-corrected chi connectivity index (χ4v) is 3.88. The van der Waals surface area contributed by atoms with Crippen LogP contribution in [0, 0.1) is 0 Å². The van der Waals surface area contributed by atoms with Gasteiger partial charge in [0.15, 0.2) is 0 Å². The van der Waals surface area contributed by atoms with Gasteiger partial charge in [0.25, 0.3) is 0 Å². The number of hydrogen-bond donors (Lipinski definition) is 2. The van der Waals surface area contributed by atoms with E-state index in [1.165, 1.54) is 27.7 Å². The minimum Gasteiger partial charge on any atom is -0.355 e. The number of aromatic nitrogens is 1. The van der Waals surface area contributed by atoms with Crippen molar-refractivity contribution in [1.82, 2.24) is 5.32 Å². The lowest BCUT2D eigenvalue weighted by Crippen LogP contribution is -2.38. The van der Waals surface area contributed by atoms with Crippen LogP contribution in [0.2, 0.25) is 0 Å². The highest BCUT2D eigenvalue weighted by Gasteiger charge is 2.13. The van der Waals surface area contributed by atoms with Crippen LogP contribution in [-0.4, -0.2) is 19.0 Å². The minimum absolute atomic E-state index is 0.0976. The number of fused-ring (bicyclic) bond motifs is 1. The highest BCUT2D eigenvalue weighted by Crippen LogP contribution is 2.17. The summed E-state index contributed by atoms with van der Waals surface area (Å²) in [6.07, 6.45) is 7.91. The lowest BCUT2D eigenvalue weighted by atomic mass is 10.0. The summed E-state index contributed by atoms with van der Waals surface area (Å²) < 4.78 is 2.39. The number of pyridine rings is 1. The van der Waals surface area contributed by atoms with Gasteiger partial charge < -0.3 is 11.1 Å². The molecule has 4 nitrogen and oxygen atoms in total. The number of carbonyl (C=O) groups is 1. The fraction of sp³-hybridized carbons (Fsp3) is 0.357. The zero-order valence-electron chi connectivity index (χ0n) is 19.4. The number of amides is 1. The first-order valence-electron chi connectivity index (χ1n) is 11.7. The summed E-state index contributed by atoms with van der Waals surface area (Å²) in [6, 6.07) is 21.7. The molecule has 0 aliphatic heterocycles. The third-order valence-corrected chi connectivity index (χ3v) is 5.77. The topological polar surface area (TPSA) is 59.0 Å². The van der Waals surface area contributed by atoms with Gasteiger partial charge in [-0.2, -0.15) is 4.57 Å². The van der Waals surface area contributed by atoms with Crippen LogP contribution in [0.3, 0.4) is 0 Å². The van der Waals surface area contributed by atoms with E-state index in [0.717, 1.165) is 25.8 Å². The first-order chi connectivity index (χ1) is 15.6. The molecule has 1 heterocycles. The predicted octanol–water partition coefficient (Wildman–Crippen LogP) is 5.06. The normalized spacial score (nSPS) is 11.5. The summed E-state index contributed by atoms with van der Waals surface area (Å²) in [5, 5.41) is 4.08. The van der Waals surface area contributed by atoms with Crippen LogP contribution in [0.5, 0.6) is 0 Å². The van der Waals surface area contributed by atoms with Crippen molar-refractivity contribution < 1.29 is 9.36 Å². The standard InChI is InChI=1S/C28H35N3O/c1-22(2)24-14-11-23(12-15-24)13-17-26-18-16-25-8-5-6-9-27(25)31(26)21-7-3-4-10-28(32)30-20-19-29/h5-6,8-9,11-18,22H,3-4,7,10,19-21,29H2,1-2H3/p+1/b17-13+. The molecule has 2 aromatic carbocycles. The van der Waals surface area contributed by atoms with Crippen LogP contribution in [0.4, 0.5) is 0 Å². The van der Waals surface area contributed by atoms with E-state index < -0.39 is 0 Å². The number of nitrogens with two attached hydrogens (primary N) is 1. The summed E-state index contributed by atoms with van der Waals surface area (Å²) in [5.41, 5.74) is 10.4. The van der Waals surface area contributed by atoms with Crippen molar-refractivity contribution in [3.63, 3.8) is 0 Å². The molecule has 0 aliphatic carbocycles.